The molecule has 0 radical (unpaired) electrons. The maximum Gasteiger partial charge on any atom is 2.00 e. The van der Waals surface area contributed by atoms with Gasteiger partial charge >= 0.3 is 62.1 Å². The van der Waals surface area contributed by atoms with Crippen LogP contribution in [-0.2, 0) is 19.1 Å². The fraction of sp³-hybridized carbons (Fsp3) is 0.293. The van der Waals surface area contributed by atoms with Crippen molar-refractivity contribution in [3.05, 3.63) is 418 Å². The molecule has 0 saturated heterocycles. The number of amides is 1. The Kier molecular flexibility index (Phi) is 53.1. The number of aliphatic hydroxyl groups excluding tert-OH is 2. The number of nitriles is 1. The number of halogens is 3. The van der Waals surface area contributed by atoms with Gasteiger partial charge in [-0.15, -0.1) is 0 Å². The molecule has 2 aliphatic carbocycles. The van der Waals surface area contributed by atoms with Gasteiger partial charge < -0.3 is 75.4 Å². The maximum absolute atomic E-state index is 13.5. The molecule has 16 rings (SSSR count). The number of carbonyl (C=O) groups is 4. The Bertz CT molecular complexity index is 6730. The molecule has 11 aromatic carbocycles. The van der Waals surface area contributed by atoms with Crippen LogP contribution in [0.2, 0.25) is 39.3 Å². The van der Waals surface area contributed by atoms with E-state index in [-0.39, 0.29) is 77.3 Å². The number of aromatic carboxylic acids is 1. The van der Waals surface area contributed by atoms with Crippen molar-refractivity contribution in [2.45, 2.75) is 173 Å². The normalized spacial score (nSPS) is 12.0. The number of rotatable bonds is 27. The van der Waals surface area contributed by atoms with Crippen molar-refractivity contribution in [3.8, 4) is 23.1 Å². The number of hydrogen-bond donors (Lipinski definition) is 10. The van der Waals surface area contributed by atoms with Gasteiger partial charge in [-0.2, -0.15) is 50.9 Å². The van der Waals surface area contributed by atoms with Crippen LogP contribution in [0.4, 0.5) is 28.4 Å². The molecule has 2 aliphatic rings. The average molecular weight is 2170 g/mol. The number of aryl methyl sites for hydroxylation is 11. The van der Waals surface area contributed by atoms with Crippen molar-refractivity contribution in [2.75, 3.05) is 54.6 Å². The van der Waals surface area contributed by atoms with Crippen molar-refractivity contribution >= 4 is 112 Å². The zero-order chi connectivity index (χ0) is 105. The molecule has 3 atom stereocenters. The summed E-state index contributed by atoms with van der Waals surface area (Å²) in [7, 11) is 6.83. The van der Waals surface area contributed by atoms with E-state index < -0.39 is 34.6 Å². The summed E-state index contributed by atoms with van der Waals surface area (Å²) in [6.07, 6.45) is 5.13. The molecule has 1 amide bonds. The van der Waals surface area contributed by atoms with E-state index in [1.54, 1.807) is 96.5 Å². The molecule has 0 aliphatic heterocycles. The van der Waals surface area contributed by atoms with Gasteiger partial charge in [0.15, 0.2) is 22.9 Å². The van der Waals surface area contributed by atoms with Crippen LogP contribution >= 0.6 is 20.4 Å². The molecule has 0 bridgehead atoms. The first kappa shape index (κ1) is 125. The molecule has 14 aromatic rings. The van der Waals surface area contributed by atoms with Gasteiger partial charge in [-0.25, -0.2) is 28.5 Å². The van der Waals surface area contributed by atoms with E-state index >= 15 is 0 Å². The molecule has 0 spiro atoms. The summed E-state index contributed by atoms with van der Waals surface area (Å²) in [6, 6.07) is 87.0. The van der Waals surface area contributed by atoms with E-state index in [4.69, 9.17) is 66.8 Å². The SMILES string of the molecule is C.C[Si](C)(C)N(c1c[c-]ccc1)[Si](C)(C)C.Cc1cc(C(=O)O)n(-c2cccc(C#N)c2)n1.Cc1ccc(C)c(C(O)c2cccc(N)c2)c1.Cc1ccc(C)c(C=O)c1.NCC1CC1.NCCNCCN.[Br-].[C-]#[N+]c1cccc(-n2nc(C)cc2C(=O)Cc2cccc(C(NCC3CC3)c3cc(C)ccc3C)c2)c1.[C-]#[N+]c1cccc(-n2nc(C)cc2C(=O)Nc2cccc(C(O)c3cc(C)ccc3C)c2)c1.[Cl][Ni][Cl].[Mg+2]. The van der Waals surface area contributed by atoms with Gasteiger partial charge in [-0.3, -0.25) is 14.4 Å². The zero-order valence-corrected chi connectivity index (χ0v) is 94.0. The van der Waals surface area contributed by atoms with Crippen LogP contribution in [0.1, 0.15) is 199 Å². The van der Waals surface area contributed by atoms with Crippen molar-refractivity contribution in [2.24, 2.45) is 29.0 Å². The molecular weight excluding hydrogens is 2030 g/mol. The second-order valence-corrected chi connectivity index (χ2v) is 49.4. The Balaban J connectivity index is 0.000000313. The Morgan fingerprint density at radius 1 is 0.551 bits per heavy atom. The third-order valence-corrected chi connectivity index (χ3v) is 30.5. The van der Waals surface area contributed by atoms with E-state index in [1.807, 2.05) is 177 Å². The number of nitrogen functional groups attached to an aromatic ring is 1. The van der Waals surface area contributed by atoms with Crippen molar-refractivity contribution < 1.29 is 64.1 Å². The third-order valence-electron chi connectivity index (χ3n) is 23.2. The number of carbonyl (C=O) groups excluding carboxylic acids is 3. The minimum atomic E-state index is -1.29. The average Bonchev–Trinajstić information content (AvgIpc) is 1.81. The Morgan fingerprint density at radius 2 is 0.993 bits per heavy atom. The van der Waals surface area contributed by atoms with Gasteiger partial charge in [-0.05, 0) is 279 Å². The van der Waals surface area contributed by atoms with Gasteiger partial charge in [0.2, 0.25) is 0 Å². The van der Waals surface area contributed by atoms with Crippen molar-refractivity contribution in [3.63, 3.8) is 0 Å². The van der Waals surface area contributed by atoms with E-state index in [0.717, 1.165) is 117 Å². The number of carboxylic acids is 1. The van der Waals surface area contributed by atoms with Gasteiger partial charge in [0.25, 0.3) is 5.91 Å². The Labute approximate surface area is 912 Å². The largest absolute Gasteiger partial charge is 2.00 e. The number of nitrogens with two attached hydrogens (primary N) is 4. The first-order valence-electron chi connectivity index (χ1n) is 47.7. The predicted molar refractivity (Wildman–Crippen MR) is 600 cm³/mol. The van der Waals surface area contributed by atoms with E-state index in [1.165, 1.54) is 69.1 Å². The molecule has 147 heavy (non-hydrogen) atoms. The fourth-order valence-electron chi connectivity index (χ4n) is 16.0. The zero-order valence-electron chi connectivity index (χ0n) is 86.5. The van der Waals surface area contributed by atoms with Crippen LogP contribution in [-0.4, -0.2) is 147 Å². The van der Waals surface area contributed by atoms with Crippen LogP contribution in [0.5, 0.6) is 0 Å². The van der Waals surface area contributed by atoms with Gasteiger partial charge in [0.05, 0.1) is 65.0 Å². The number of nitrogens with one attached hydrogen (secondary N) is 3. The number of anilines is 3. The number of aliphatic hydroxyl groups is 2. The summed E-state index contributed by atoms with van der Waals surface area (Å²) >= 11 is 0.569. The number of aromatic nitrogens is 6. The Morgan fingerprint density at radius 3 is 1.45 bits per heavy atom. The summed E-state index contributed by atoms with van der Waals surface area (Å²) in [6.45, 7) is 55.7. The number of carboxylic acid groups (broad SMARTS) is 1. The smallest absolute Gasteiger partial charge is 2.00 e. The fourth-order valence-corrected chi connectivity index (χ4v) is 25.9. The number of ketones is 1. The minimum absolute atomic E-state index is 0. The van der Waals surface area contributed by atoms with Crippen molar-refractivity contribution in [1.29, 1.82) is 5.26 Å². The second kappa shape index (κ2) is 62.2. The number of Topliss-reactive ketones (excluding diaryl/α,β-unsaturated/α-hetero) is 1. The van der Waals surface area contributed by atoms with Gasteiger partial charge in [-0.1, -0.05) is 220 Å². The third kappa shape index (κ3) is 40.1. The topological polar surface area (TPSA) is 358 Å². The van der Waals surface area contributed by atoms with Gasteiger partial charge in [0, 0.05) is 49.5 Å². The predicted octanol–water partition coefficient (Wildman–Crippen LogP) is 20.8. The van der Waals surface area contributed by atoms with E-state index in [0.29, 0.717) is 93.8 Å². The number of nitrogens with zero attached hydrogens (tertiary/aromatic N) is 10. The summed E-state index contributed by atoms with van der Waals surface area (Å²) in [4.78, 5) is 55.0. The second-order valence-electron chi connectivity index (χ2n) is 37.7. The van der Waals surface area contributed by atoms with Crippen molar-refractivity contribution in [1.82, 2.24) is 40.0 Å². The quantitative estimate of drug-likeness (QED) is 0.00571. The van der Waals surface area contributed by atoms with E-state index in [2.05, 4.69) is 159 Å². The molecule has 772 valence electrons. The summed E-state index contributed by atoms with van der Waals surface area (Å²) in [5.74, 6) is 0.299. The molecule has 3 unspecified atom stereocenters. The molecule has 31 heteroatoms. The molecular formula is C116H140BrCl2MgN17NiO7Si2. The Hall–Kier alpha value is -12.1. The molecule has 14 N–H and O–H groups in total. The first-order chi connectivity index (χ1) is 68.7. The van der Waals surface area contributed by atoms with Crippen LogP contribution in [0, 0.1) is 119 Å². The van der Waals surface area contributed by atoms with E-state index in [9.17, 15) is 29.4 Å². The molecule has 3 aromatic heterocycles. The van der Waals surface area contributed by atoms with Crippen LogP contribution in [0.25, 0.3) is 26.8 Å². The van der Waals surface area contributed by atoms with Crippen LogP contribution in [0.15, 0.2) is 261 Å². The number of benzene rings is 11. The maximum atomic E-state index is 13.5. The number of hydrogen-bond acceptors (Lipinski definition) is 17. The molecule has 2 fully saturated rings. The van der Waals surface area contributed by atoms with Gasteiger partial charge in [0.1, 0.15) is 46.4 Å². The van der Waals surface area contributed by atoms with Crippen LogP contribution < -0.4 is 60.1 Å². The molecule has 24 nitrogen and oxygen atoms in total. The summed E-state index contributed by atoms with van der Waals surface area (Å²) in [5.41, 5.74) is 46.9. The number of aldehydes is 1. The first-order valence-corrected chi connectivity index (χ1v) is 57.3. The van der Waals surface area contributed by atoms with Crippen LogP contribution in [0.3, 0.4) is 0 Å². The minimum Gasteiger partial charge on any atom is 2.00 e. The summed E-state index contributed by atoms with van der Waals surface area (Å²) < 4.78 is 7.22. The molecule has 3 heterocycles. The summed E-state index contributed by atoms with van der Waals surface area (Å²) in [5, 5.41) is 62.0. The monoisotopic (exact) mass is 2170 g/mol. The standard InChI is InChI=1S/C32H32N4O.C27H24N4O2.C15H17NO.C12H9N3O2.C12H22NSi2.C9H10O.C4H13N3.C4H9N.CH4.BrH.2ClH.Mg.Ni/c1-21-11-12-22(2)29(15-21)32(34-20-24-13-14-24)26-8-5-7-25(17-26)18-31(37)30-16-23(3)35-36(30)28-10-6-9-27(19-28)33-4;1-17-11-12-18(2)24(13-17)26(32)20-7-5-9-22(15-20)29-27(33)25-14-19(3)30-31(25)23-10-6-8-21(16-23)28-4;1-10-6-7-11(2)14(8-10)15(17)12-4-3-5-13(16)9-12;1-8-5-11(12(16)17)15(14-8)10-4-2-3-9(6-10)7-13;1-14(2,3)13(15(4,5)6)12-10-8-7-9-11-12;1-7-3-4-8(2)9(5-7)6-10;5-1-3-7-4-2-6;5-3-4-1-2-4;;;;;;/h5-12,15-17,19,24,32,34H,13-14,18,20H2,1-3H3;5-16,26,32H,1-3H3,(H,29,33);3-9,15,17H,16H2,1-2H3;2-6H,1H3,(H,16,17);7-8,10-11H,1-6H3;3-6H,1-2H3;7H,1-6H2;4H,1-3,5H2;1H4;3*1H;;/q;;;;-1;;;;;;;;2*+2/p-3. The molecule has 2 saturated carbocycles.